The Bertz CT molecular complexity index is 481. The van der Waals surface area contributed by atoms with Crippen molar-refractivity contribution in [1.82, 2.24) is 5.32 Å². The maximum absolute atomic E-state index is 12.9. The van der Waals surface area contributed by atoms with Gasteiger partial charge in [0.15, 0.2) is 0 Å². The molecule has 0 saturated carbocycles. The summed E-state index contributed by atoms with van der Waals surface area (Å²) in [6, 6.07) is 7.80. The first-order valence-electron chi connectivity index (χ1n) is 6.95. The second kappa shape index (κ2) is 4.85. The number of hydrogen-bond acceptors (Lipinski definition) is 3. The predicted molar refractivity (Wildman–Crippen MR) is 74.5 cm³/mol. The molecule has 0 unspecified atom stereocenters. The Morgan fingerprint density at radius 1 is 1.32 bits per heavy atom. The van der Waals surface area contributed by atoms with E-state index < -0.39 is 0 Å². The Morgan fingerprint density at radius 2 is 2.05 bits per heavy atom. The molecule has 1 saturated heterocycles. The lowest BCUT2D eigenvalue weighted by Gasteiger charge is -2.39. The first-order chi connectivity index (χ1) is 9.21. The smallest absolute Gasteiger partial charge is 0.233 e. The Labute approximate surface area is 113 Å². The van der Waals surface area contributed by atoms with Crippen LogP contribution >= 0.6 is 0 Å². The minimum Gasteiger partial charge on any atom is -0.490 e. The number of amides is 1. The van der Waals surface area contributed by atoms with Crippen molar-refractivity contribution >= 4 is 11.6 Å². The van der Waals surface area contributed by atoms with Crippen LogP contribution in [0.2, 0.25) is 0 Å². The third-order valence-corrected chi connectivity index (χ3v) is 4.20. The molecule has 4 heteroatoms. The number of carbonyl (C=O) groups excluding carboxylic acids is 1. The Balaban J connectivity index is 1.88. The van der Waals surface area contributed by atoms with E-state index >= 15 is 0 Å². The maximum atomic E-state index is 12.9. The van der Waals surface area contributed by atoms with Crippen molar-refractivity contribution in [1.29, 1.82) is 0 Å². The first kappa shape index (κ1) is 12.5. The standard InChI is InChI=1S/C15H20N2O2/c1-15(6-8-16-9-7-15)14(18)17-10-11-19-13-5-3-2-4-12(13)17/h2-5,16H,6-11H2,1H3. The van der Waals surface area contributed by atoms with Crippen LogP contribution in [0.25, 0.3) is 0 Å². The van der Waals surface area contributed by atoms with Gasteiger partial charge < -0.3 is 15.0 Å². The lowest BCUT2D eigenvalue weighted by atomic mass is 9.79. The van der Waals surface area contributed by atoms with Gasteiger partial charge in [0.1, 0.15) is 12.4 Å². The van der Waals surface area contributed by atoms with Crippen LogP contribution in [0.5, 0.6) is 5.75 Å². The average molecular weight is 260 g/mol. The summed E-state index contributed by atoms with van der Waals surface area (Å²) in [6.45, 7) is 5.17. The van der Waals surface area contributed by atoms with Crippen molar-refractivity contribution < 1.29 is 9.53 Å². The molecule has 19 heavy (non-hydrogen) atoms. The summed E-state index contributed by atoms with van der Waals surface area (Å²) < 4.78 is 5.62. The van der Waals surface area contributed by atoms with E-state index in [2.05, 4.69) is 12.2 Å². The number of benzene rings is 1. The van der Waals surface area contributed by atoms with Gasteiger partial charge in [-0.1, -0.05) is 19.1 Å². The third-order valence-electron chi connectivity index (χ3n) is 4.20. The zero-order valence-corrected chi connectivity index (χ0v) is 11.3. The molecule has 1 amide bonds. The Kier molecular flexibility index (Phi) is 3.19. The Hall–Kier alpha value is -1.55. The summed E-state index contributed by atoms with van der Waals surface area (Å²) in [7, 11) is 0. The van der Waals surface area contributed by atoms with E-state index in [1.54, 1.807) is 0 Å². The van der Waals surface area contributed by atoms with Crippen LogP contribution in [0.4, 0.5) is 5.69 Å². The van der Waals surface area contributed by atoms with Crippen molar-refractivity contribution in [2.75, 3.05) is 31.1 Å². The minimum absolute atomic E-state index is 0.240. The fourth-order valence-electron chi connectivity index (χ4n) is 2.90. The normalized spacial score (nSPS) is 21.4. The molecular formula is C15H20N2O2. The molecule has 1 aromatic carbocycles. The summed E-state index contributed by atoms with van der Waals surface area (Å²) >= 11 is 0. The fourth-order valence-corrected chi connectivity index (χ4v) is 2.90. The van der Waals surface area contributed by atoms with E-state index in [0.29, 0.717) is 13.2 Å². The topological polar surface area (TPSA) is 41.6 Å². The zero-order valence-electron chi connectivity index (χ0n) is 11.3. The molecule has 0 spiro atoms. The van der Waals surface area contributed by atoms with Crippen LogP contribution in [0.3, 0.4) is 0 Å². The van der Waals surface area contributed by atoms with Gasteiger partial charge in [-0.25, -0.2) is 0 Å². The van der Waals surface area contributed by atoms with Gasteiger partial charge in [-0.15, -0.1) is 0 Å². The van der Waals surface area contributed by atoms with Gasteiger partial charge in [0.2, 0.25) is 5.91 Å². The number of nitrogens with one attached hydrogen (secondary N) is 1. The van der Waals surface area contributed by atoms with Crippen LogP contribution in [0.1, 0.15) is 19.8 Å². The second-order valence-electron chi connectivity index (χ2n) is 5.58. The maximum Gasteiger partial charge on any atom is 0.233 e. The number of rotatable bonds is 1. The van der Waals surface area contributed by atoms with E-state index in [9.17, 15) is 4.79 Å². The summed E-state index contributed by atoms with van der Waals surface area (Å²) in [5.74, 6) is 1.06. The van der Waals surface area contributed by atoms with Crippen molar-refractivity contribution in [3.63, 3.8) is 0 Å². The molecule has 0 radical (unpaired) electrons. The number of anilines is 1. The van der Waals surface area contributed by atoms with E-state index in [0.717, 1.165) is 37.4 Å². The van der Waals surface area contributed by atoms with Crippen molar-refractivity contribution in [2.45, 2.75) is 19.8 Å². The van der Waals surface area contributed by atoms with Crippen LogP contribution in [-0.4, -0.2) is 32.1 Å². The van der Waals surface area contributed by atoms with Crippen LogP contribution in [-0.2, 0) is 4.79 Å². The average Bonchev–Trinajstić information content (AvgIpc) is 2.47. The van der Waals surface area contributed by atoms with Gasteiger partial charge in [-0.3, -0.25) is 4.79 Å². The molecule has 2 aliphatic rings. The molecule has 0 bridgehead atoms. The molecule has 2 aliphatic heterocycles. The van der Waals surface area contributed by atoms with E-state index in [1.807, 2.05) is 29.2 Å². The molecule has 1 N–H and O–H groups in total. The second-order valence-corrected chi connectivity index (χ2v) is 5.58. The highest BCUT2D eigenvalue weighted by molar-refractivity contribution is 5.99. The third kappa shape index (κ3) is 2.21. The van der Waals surface area contributed by atoms with Gasteiger partial charge >= 0.3 is 0 Å². The van der Waals surface area contributed by atoms with Gasteiger partial charge in [-0.2, -0.15) is 0 Å². The molecule has 0 aromatic heterocycles. The molecule has 3 rings (SSSR count). The molecule has 2 heterocycles. The SMILES string of the molecule is CC1(C(=O)N2CCOc3ccccc32)CCNCC1. The molecule has 4 nitrogen and oxygen atoms in total. The highest BCUT2D eigenvalue weighted by Crippen LogP contribution is 2.37. The highest BCUT2D eigenvalue weighted by Gasteiger charge is 2.39. The first-order valence-corrected chi connectivity index (χ1v) is 6.95. The number of piperidine rings is 1. The molecule has 1 aromatic rings. The van der Waals surface area contributed by atoms with Crippen molar-refractivity contribution in [3.05, 3.63) is 24.3 Å². The summed E-state index contributed by atoms with van der Waals surface area (Å²) in [4.78, 5) is 14.8. The predicted octanol–water partition coefficient (Wildman–Crippen LogP) is 1.80. The van der Waals surface area contributed by atoms with Crippen molar-refractivity contribution in [2.24, 2.45) is 5.41 Å². The molecular weight excluding hydrogens is 240 g/mol. The van der Waals surface area contributed by atoms with E-state index in [1.165, 1.54) is 0 Å². The number of nitrogens with zero attached hydrogens (tertiary/aromatic N) is 1. The van der Waals surface area contributed by atoms with Crippen LogP contribution in [0, 0.1) is 5.41 Å². The Morgan fingerprint density at radius 3 is 2.84 bits per heavy atom. The number of para-hydroxylation sites is 2. The molecule has 0 aliphatic carbocycles. The van der Waals surface area contributed by atoms with E-state index in [4.69, 9.17) is 4.74 Å². The number of ether oxygens (including phenoxy) is 1. The monoisotopic (exact) mass is 260 g/mol. The van der Waals surface area contributed by atoms with Crippen LogP contribution in [0.15, 0.2) is 24.3 Å². The van der Waals surface area contributed by atoms with Gasteiger partial charge in [0.05, 0.1) is 12.2 Å². The lowest BCUT2D eigenvalue weighted by molar-refractivity contribution is -0.129. The highest BCUT2D eigenvalue weighted by atomic mass is 16.5. The number of fused-ring (bicyclic) bond motifs is 1. The van der Waals surface area contributed by atoms with Gasteiger partial charge in [0.25, 0.3) is 0 Å². The fraction of sp³-hybridized carbons (Fsp3) is 0.533. The summed E-state index contributed by atoms with van der Waals surface area (Å²) in [6.07, 6.45) is 1.82. The largest absolute Gasteiger partial charge is 0.490 e. The lowest BCUT2D eigenvalue weighted by Crippen LogP contribution is -2.50. The molecule has 0 atom stereocenters. The summed E-state index contributed by atoms with van der Waals surface area (Å²) in [5.41, 5.74) is 0.675. The van der Waals surface area contributed by atoms with Crippen LogP contribution < -0.4 is 15.0 Å². The summed E-state index contributed by atoms with van der Waals surface area (Å²) in [5, 5.41) is 3.32. The quantitative estimate of drug-likeness (QED) is 0.837. The number of carbonyl (C=O) groups is 1. The molecule has 1 fully saturated rings. The number of hydrogen-bond donors (Lipinski definition) is 1. The minimum atomic E-state index is -0.240. The van der Waals surface area contributed by atoms with Crippen molar-refractivity contribution in [3.8, 4) is 5.75 Å². The van der Waals surface area contributed by atoms with Gasteiger partial charge in [-0.05, 0) is 38.1 Å². The zero-order chi connectivity index (χ0) is 13.3. The van der Waals surface area contributed by atoms with E-state index in [-0.39, 0.29) is 11.3 Å². The van der Waals surface area contributed by atoms with Gasteiger partial charge in [0, 0.05) is 5.41 Å². The molecule has 102 valence electrons.